The van der Waals surface area contributed by atoms with Gasteiger partial charge in [-0.2, -0.15) is 13.2 Å². The molecule has 0 saturated heterocycles. The summed E-state index contributed by atoms with van der Waals surface area (Å²) < 4.78 is 52.0. The van der Waals surface area contributed by atoms with Crippen LogP contribution in [0, 0.1) is 5.82 Å². The Labute approximate surface area is 151 Å². The van der Waals surface area contributed by atoms with Gasteiger partial charge in [0.15, 0.2) is 0 Å². The van der Waals surface area contributed by atoms with E-state index in [1.165, 1.54) is 48.7 Å². The van der Waals surface area contributed by atoms with Crippen LogP contribution in [0.5, 0.6) is 0 Å². The summed E-state index contributed by atoms with van der Waals surface area (Å²) in [4.78, 5) is 16.3. The van der Waals surface area contributed by atoms with E-state index in [9.17, 15) is 22.4 Å². The third-order valence-electron chi connectivity index (χ3n) is 3.61. The molecule has 138 valence electrons. The summed E-state index contributed by atoms with van der Waals surface area (Å²) in [7, 11) is 0. The molecule has 8 heteroatoms. The maximum atomic E-state index is 13.7. The molecule has 4 nitrogen and oxygen atoms in total. The maximum absolute atomic E-state index is 13.7. The molecule has 0 radical (unpaired) electrons. The lowest BCUT2D eigenvalue weighted by molar-refractivity contribution is -0.137. The predicted octanol–water partition coefficient (Wildman–Crippen LogP) is 5.24. The average Bonchev–Trinajstić information content (AvgIpc) is 2.63. The molecule has 0 unspecified atom stereocenters. The van der Waals surface area contributed by atoms with Crippen molar-refractivity contribution in [3.63, 3.8) is 0 Å². The van der Waals surface area contributed by atoms with Crippen LogP contribution >= 0.6 is 0 Å². The molecule has 1 aromatic heterocycles. The summed E-state index contributed by atoms with van der Waals surface area (Å²) in [5.74, 6) is -0.886. The molecule has 2 aromatic carbocycles. The quantitative estimate of drug-likeness (QED) is 0.614. The maximum Gasteiger partial charge on any atom is 0.416 e. The zero-order valence-electron chi connectivity index (χ0n) is 13.7. The van der Waals surface area contributed by atoms with Crippen molar-refractivity contribution in [1.29, 1.82) is 0 Å². The van der Waals surface area contributed by atoms with Gasteiger partial charge in [0.05, 0.1) is 11.3 Å². The van der Waals surface area contributed by atoms with Crippen LogP contribution in [0.3, 0.4) is 0 Å². The van der Waals surface area contributed by atoms with E-state index in [1.807, 2.05) is 0 Å². The number of hydrogen-bond donors (Lipinski definition) is 2. The number of carbonyl (C=O) groups excluding carboxylic acids is 1. The molecular formula is C19H13F4N3O. The van der Waals surface area contributed by atoms with Crippen molar-refractivity contribution in [2.24, 2.45) is 0 Å². The van der Waals surface area contributed by atoms with Gasteiger partial charge in [0.25, 0.3) is 5.91 Å². The lowest BCUT2D eigenvalue weighted by atomic mass is 10.2. The van der Waals surface area contributed by atoms with E-state index in [1.54, 1.807) is 6.07 Å². The molecule has 1 heterocycles. The Morgan fingerprint density at radius 2 is 1.74 bits per heavy atom. The number of benzene rings is 2. The van der Waals surface area contributed by atoms with E-state index < -0.39 is 23.5 Å². The molecule has 0 spiro atoms. The van der Waals surface area contributed by atoms with Gasteiger partial charge in [-0.05, 0) is 42.5 Å². The second kappa shape index (κ2) is 7.45. The molecule has 1 amide bonds. The number of hydrogen-bond acceptors (Lipinski definition) is 3. The van der Waals surface area contributed by atoms with Gasteiger partial charge in [-0.15, -0.1) is 0 Å². The van der Waals surface area contributed by atoms with Crippen molar-refractivity contribution in [3.05, 3.63) is 83.8 Å². The van der Waals surface area contributed by atoms with Crippen LogP contribution in [0.2, 0.25) is 0 Å². The molecule has 3 aromatic rings. The van der Waals surface area contributed by atoms with E-state index >= 15 is 0 Å². The first kappa shape index (κ1) is 18.4. The van der Waals surface area contributed by atoms with Gasteiger partial charge in [-0.3, -0.25) is 4.79 Å². The summed E-state index contributed by atoms with van der Waals surface area (Å²) in [5, 5.41) is 5.15. The number of rotatable bonds is 4. The van der Waals surface area contributed by atoms with Crippen LogP contribution in [0.4, 0.5) is 34.8 Å². The largest absolute Gasteiger partial charge is 0.416 e. The normalized spacial score (nSPS) is 11.1. The van der Waals surface area contributed by atoms with E-state index in [0.29, 0.717) is 0 Å². The SMILES string of the molecule is O=C(Nc1cccc(C(F)(F)F)c1)c1ccnc(Nc2ccccc2F)c1. The van der Waals surface area contributed by atoms with Crippen molar-refractivity contribution in [2.75, 3.05) is 10.6 Å². The standard InChI is InChI=1S/C19H13F4N3O/c20-15-6-1-2-7-16(15)26-17-10-12(8-9-24-17)18(27)25-14-5-3-4-13(11-14)19(21,22)23/h1-11H,(H,24,26)(H,25,27). The average molecular weight is 375 g/mol. The third kappa shape index (κ3) is 4.60. The first-order valence-electron chi connectivity index (χ1n) is 7.79. The number of carbonyl (C=O) groups is 1. The fourth-order valence-electron chi connectivity index (χ4n) is 2.32. The zero-order chi connectivity index (χ0) is 19.4. The van der Waals surface area contributed by atoms with Crippen LogP contribution in [-0.4, -0.2) is 10.9 Å². The monoisotopic (exact) mass is 375 g/mol. The van der Waals surface area contributed by atoms with Gasteiger partial charge in [0, 0.05) is 17.4 Å². The number of pyridine rings is 1. The number of alkyl halides is 3. The summed E-state index contributed by atoms with van der Waals surface area (Å²) in [6.07, 6.45) is -3.17. The van der Waals surface area contributed by atoms with Gasteiger partial charge >= 0.3 is 6.18 Å². The summed E-state index contributed by atoms with van der Waals surface area (Å²) in [5.41, 5.74) is -0.520. The number of halogens is 4. The van der Waals surface area contributed by atoms with Crippen molar-refractivity contribution >= 4 is 23.1 Å². The zero-order valence-corrected chi connectivity index (χ0v) is 13.7. The van der Waals surface area contributed by atoms with Crippen LogP contribution in [-0.2, 0) is 6.18 Å². The highest BCUT2D eigenvalue weighted by Crippen LogP contribution is 2.30. The Balaban J connectivity index is 1.77. The number of anilines is 3. The minimum absolute atomic E-state index is 0.00949. The molecule has 2 N–H and O–H groups in total. The van der Waals surface area contributed by atoms with E-state index in [0.717, 1.165) is 12.1 Å². The second-order valence-electron chi connectivity index (χ2n) is 5.57. The molecular weight excluding hydrogens is 362 g/mol. The minimum atomic E-state index is -4.51. The molecule has 3 rings (SSSR count). The smallest absolute Gasteiger partial charge is 0.338 e. The number of nitrogens with zero attached hydrogens (tertiary/aromatic N) is 1. The van der Waals surface area contributed by atoms with Crippen molar-refractivity contribution < 1.29 is 22.4 Å². The summed E-state index contributed by atoms with van der Waals surface area (Å²) >= 11 is 0. The highest BCUT2D eigenvalue weighted by Gasteiger charge is 2.30. The molecule has 0 atom stereocenters. The topological polar surface area (TPSA) is 54.0 Å². The van der Waals surface area contributed by atoms with Gasteiger partial charge in [0.2, 0.25) is 0 Å². The molecule has 0 aliphatic carbocycles. The van der Waals surface area contributed by atoms with Gasteiger partial charge in [0.1, 0.15) is 11.6 Å². The fraction of sp³-hybridized carbons (Fsp3) is 0.0526. The van der Waals surface area contributed by atoms with Crippen LogP contribution < -0.4 is 10.6 Å². The number of aromatic nitrogens is 1. The van der Waals surface area contributed by atoms with E-state index in [4.69, 9.17) is 0 Å². The highest BCUT2D eigenvalue weighted by molar-refractivity contribution is 6.04. The predicted molar refractivity (Wildman–Crippen MR) is 93.3 cm³/mol. The van der Waals surface area contributed by atoms with E-state index in [2.05, 4.69) is 15.6 Å². The fourth-order valence-corrected chi connectivity index (χ4v) is 2.32. The first-order valence-corrected chi connectivity index (χ1v) is 7.79. The van der Waals surface area contributed by atoms with Gasteiger partial charge in [-0.1, -0.05) is 18.2 Å². The molecule has 27 heavy (non-hydrogen) atoms. The molecule has 0 aliphatic rings. The third-order valence-corrected chi connectivity index (χ3v) is 3.61. The Hall–Kier alpha value is -3.42. The number of amides is 1. The van der Waals surface area contributed by atoms with Crippen LogP contribution in [0.1, 0.15) is 15.9 Å². The summed E-state index contributed by atoms with van der Waals surface area (Å²) in [6, 6.07) is 13.0. The Kier molecular flexibility index (Phi) is 5.07. The number of nitrogens with one attached hydrogen (secondary N) is 2. The molecule has 0 bridgehead atoms. The molecule has 0 saturated carbocycles. The Morgan fingerprint density at radius 3 is 2.48 bits per heavy atom. The van der Waals surface area contributed by atoms with Crippen molar-refractivity contribution in [1.82, 2.24) is 4.98 Å². The molecule has 0 fully saturated rings. The number of para-hydroxylation sites is 1. The first-order chi connectivity index (χ1) is 12.8. The van der Waals surface area contributed by atoms with Crippen molar-refractivity contribution in [2.45, 2.75) is 6.18 Å². The Bertz CT molecular complexity index is 973. The summed E-state index contributed by atoms with van der Waals surface area (Å²) in [6.45, 7) is 0. The van der Waals surface area contributed by atoms with Crippen molar-refractivity contribution in [3.8, 4) is 0 Å². The lowest BCUT2D eigenvalue weighted by Crippen LogP contribution is -2.13. The lowest BCUT2D eigenvalue weighted by Gasteiger charge is -2.11. The van der Waals surface area contributed by atoms with Crippen LogP contribution in [0.15, 0.2) is 66.9 Å². The Morgan fingerprint density at radius 1 is 0.963 bits per heavy atom. The van der Waals surface area contributed by atoms with E-state index in [-0.39, 0.29) is 22.8 Å². The highest BCUT2D eigenvalue weighted by atomic mass is 19.4. The van der Waals surface area contributed by atoms with Gasteiger partial charge in [-0.25, -0.2) is 9.37 Å². The minimum Gasteiger partial charge on any atom is -0.338 e. The van der Waals surface area contributed by atoms with Crippen LogP contribution in [0.25, 0.3) is 0 Å². The van der Waals surface area contributed by atoms with Gasteiger partial charge < -0.3 is 10.6 Å². The molecule has 0 aliphatic heterocycles. The second-order valence-corrected chi connectivity index (χ2v) is 5.57.